The second-order valence-electron chi connectivity index (χ2n) is 27.7. The SMILES string of the molecule is CC[C@H](C)CCCCCCCCCC[C@@H](O)CC(=O)N[C@@H](CCC(=O)O)C(=O)N[C@H](CCCN)C(=O)N[C@H]1Cc2ccc(cc2)OC(=O)[C@H]([C@H](C)CC)NC(=O)[C@H](Cc2ccc(O)cc2)NC(=O)[C@H](CCC(N)=O)NC(=O)[C@@H]2CCCN2C(=O)C(C)NC(=O)[C@H](CCC(=O)O)NC(=O)[C@@H](C(C)O)NC1=O. The molecule has 32 nitrogen and oxygen atoms in total. The number of rotatable bonds is 36. The molecule has 2 aromatic carbocycles. The zero-order valence-corrected chi connectivity index (χ0v) is 61.3. The van der Waals surface area contributed by atoms with Crippen molar-refractivity contribution in [3.63, 3.8) is 0 Å². The quantitative estimate of drug-likeness (QED) is 0.0198. The number of aliphatic hydroxyl groups excluding tert-OH is 2. The van der Waals surface area contributed by atoms with Crippen LogP contribution in [0.25, 0.3) is 0 Å². The molecule has 11 amide bonds. The number of carboxylic acids is 2. The van der Waals surface area contributed by atoms with E-state index in [1.807, 2.05) is 0 Å². The highest BCUT2D eigenvalue weighted by Gasteiger charge is 2.41. The van der Waals surface area contributed by atoms with Crippen molar-refractivity contribution >= 4 is 82.9 Å². The second-order valence-corrected chi connectivity index (χ2v) is 27.7. The number of benzene rings is 2. The van der Waals surface area contributed by atoms with Crippen molar-refractivity contribution in [1.29, 1.82) is 0 Å². The van der Waals surface area contributed by atoms with Crippen LogP contribution < -0.4 is 64.1 Å². The van der Waals surface area contributed by atoms with E-state index >= 15 is 0 Å². The monoisotopic (exact) mass is 1480 g/mol. The number of nitrogens with two attached hydrogens (primary N) is 2. The molecular weight excluding hydrogens is 1360 g/mol. The molecule has 0 aromatic heterocycles. The fraction of sp³-hybridized carbons (Fsp3) is 0.644. The lowest BCUT2D eigenvalue weighted by Gasteiger charge is -2.30. The van der Waals surface area contributed by atoms with Crippen molar-refractivity contribution < 1.29 is 97.4 Å². The van der Waals surface area contributed by atoms with Crippen LogP contribution >= 0.6 is 0 Å². The molecule has 3 heterocycles. The third-order valence-corrected chi connectivity index (χ3v) is 18.9. The summed E-state index contributed by atoms with van der Waals surface area (Å²) in [6.07, 6.45) is 4.02. The lowest BCUT2D eigenvalue weighted by atomic mass is 9.97. The normalized spacial score (nSPS) is 22.2. The number of carbonyl (C=O) groups is 14. The van der Waals surface area contributed by atoms with Gasteiger partial charge in [-0.3, -0.25) is 62.3 Å². The van der Waals surface area contributed by atoms with Gasteiger partial charge in [0.2, 0.25) is 65.0 Å². The van der Waals surface area contributed by atoms with Crippen molar-refractivity contribution in [2.75, 3.05) is 13.1 Å². The van der Waals surface area contributed by atoms with Gasteiger partial charge in [-0.25, -0.2) is 4.79 Å². The van der Waals surface area contributed by atoms with Gasteiger partial charge in [0.25, 0.3) is 0 Å². The maximum atomic E-state index is 14.8. The van der Waals surface area contributed by atoms with Crippen LogP contribution in [0.4, 0.5) is 0 Å². The van der Waals surface area contributed by atoms with Crippen molar-refractivity contribution in [3.8, 4) is 11.5 Å². The van der Waals surface area contributed by atoms with E-state index in [1.165, 1.54) is 81.1 Å². The van der Waals surface area contributed by atoms with E-state index in [4.69, 9.17) is 16.2 Å². The van der Waals surface area contributed by atoms with Crippen LogP contribution in [0.5, 0.6) is 11.5 Å². The van der Waals surface area contributed by atoms with Gasteiger partial charge in [0.05, 0.1) is 18.6 Å². The number of unbranched alkanes of at least 4 members (excludes halogenated alkanes) is 7. The van der Waals surface area contributed by atoms with Gasteiger partial charge in [-0.15, -0.1) is 0 Å². The number of esters is 1. The van der Waals surface area contributed by atoms with Gasteiger partial charge in [-0.05, 0) is 119 Å². The second kappa shape index (κ2) is 45.8. The van der Waals surface area contributed by atoms with Crippen LogP contribution in [0.3, 0.4) is 0 Å². The number of hydrogen-bond acceptors (Lipinski definition) is 19. The number of amides is 11. The van der Waals surface area contributed by atoms with Crippen molar-refractivity contribution in [2.45, 2.75) is 275 Å². The topological polar surface area (TPSA) is 513 Å². The molecule has 2 unspecified atom stereocenters. The predicted molar refractivity (Wildman–Crippen MR) is 383 cm³/mol. The number of phenolic OH excluding ortho intramolecular Hbond substituents is 1. The van der Waals surface area contributed by atoms with Crippen molar-refractivity contribution in [1.82, 2.24) is 52.8 Å². The number of nitrogens with zero attached hydrogens (tertiary/aromatic N) is 1. The summed E-state index contributed by atoms with van der Waals surface area (Å²) < 4.78 is 5.82. The van der Waals surface area contributed by atoms with Gasteiger partial charge in [0, 0.05) is 38.6 Å². The molecule has 1 saturated heterocycles. The number of carbonyl (C=O) groups excluding carboxylic acids is 12. The predicted octanol–water partition coefficient (Wildman–Crippen LogP) is 1.33. The van der Waals surface area contributed by atoms with Crippen LogP contribution in [0.2, 0.25) is 0 Å². The van der Waals surface area contributed by atoms with Gasteiger partial charge in [0.1, 0.15) is 71.9 Å². The summed E-state index contributed by atoms with van der Waals surface area (Å²) in [6.45, 7) is 10.1. The van der Waals surface area contributed by atoms with Crippen molar-refractivity contribution in [2.24, 2.45) is 23.3 Å². The summed E-state index contributed by atoms with van der Waals surface area (Å²) >= 11 is 0. The summed E-state index contributed by atoms with van der Waals surface area (Å²) in [5, 5.41) is 74.1. The standard InChI is InChI=1S/C73H112N12O20/c1-7-42(3)19-15-13-11-9-10-12-14-16-20-49(88)41-59(90)77-52(32-35-60(91)92)66(97)78-51(21-17-37-74)65(96)81-56-40-47-25-29-50(30-26-47)105-73(104)62(43(4)8-2)83-68(99)55(39-46-23-27-48(87)28-24-46)82-67(98)53(31-34-58(75)89)79-70(101)57-22-18-38-85(57)72(103)44(5)76-64(95)54(33-36-61(93)94)80-71(102)63(45(6)86)84-69(56)100/h23-30,42-45,49,51-57,62-63,86-88H,7-22,31-41,74H2,1-6H3,(H2,75,89)(H,76,95)(H,77,90)(H,78,97)(H,79,101)(H,80,102)(H,81,96)(H,82,98)(H,83,99)(H,84,100)(H,91,92)(H,93,94)/t42-,43+,44?,45?,49+,51+,52-,53-,54-,55-,56-,57-,62-,63+/m0/s1. The molecule has 0 saturated carbocycles. The van der Waals surface area contributed by atoms with E-state index in [2.05, 4.69) is 61.7 Å². The number of ether oxygens (including phenoxy) is 1. The summed E-state index contributed by atoms with van der Waals surface area (Å²) in [7, 11) is 0. The minimum absolute atomic E-state index is 0.0228. The fourth-order valence-electron chi connectivity index (χ4n) is 12.2. The Morgan fingerprint density at radius 1 is 0.610 bits per heavy atom. The number of aliphatic carboxylic acids is 2. The van der Waals surface area contributed by atoms with E-state index in [0.29, 0.717) is 24.8 Å². The Morgan fingerprint density at radius 3 is 1.76 bits per heavy atom. The van der Waals surface area contributed by atoms with E-state index in [9.17, 15) is 92.7 Å². The Hall–Kier alpha value is -9.30. The summed E-state index contributed by atoms with van der Waals surface area (Å²) in [5.41, 5.74) is 12.0. The maximum Gasteiger partial charge on any atom is 0.334 e. The van der Waals surface area contributed by atoms with Crippen molar-refractivity contribution in [3.05, 3.63) is 59.7 Å². The first-order chi connectivity index (χ1) is 49.8. The molecule has 105 heavy (non-hydrogen) atoms. The summed E-state index contributed by atoms with van der Waals surface area (Å²) in [6, 6.07) is -4.88. The number of aliphatic hydroxyl groups is 2. The zero-order chi connectivity index (χ0) is 77.9. The molecule has 14 atom stereocenters. The number of carboxylic acid groups (broad SMARTS) is 2. The Kier molecular flexibility index (Phi) is 38.4. The average Bonchev–Trinajstić information content (AvgIpc) is 1.78. The third kappa shape index (κ3) is 31.5. The third-order valence-electron chi connectivity index (χ3n) is 18.9. The highest BCUT2D eigenvalue weighted by Crippen LogP contribution is 2.23. The minimum atomic E-state index is -1.98. The van der Waals surface area contributed by atoms with E-state index in [1.54, 1.807) is 13.8 Å². The molecule has 0 spiro atoms. The first-order valence-electron chi connectivity index (χ1n) is 36.7. The Morgan fingerprint density at radius 2 is 1.17 bits per heavy atom. The average molecular weight is 1480 g/mol. The number of fused-ring (bicyclic) bond motifs is 23. The Balaban J connectivity index is 1.74. The van der Waals surface area contributed by atoms with Crippen LogP contribution in [-0.4, -0.2) is 199 Å². The summed E-state index contributed by atoms with van der Waals surface area (Å²) in [4.78, 5) is 195. The number of nitrogens with one attached hydrogen (secondary N) is 9. The largest absolute Gasteiger partial charge is 0.508 e. The molecule has 3 aliphatic heterocycles. The Labute approximate surface area is 612 Å². The van der Waals surface area contributed by atoms with E-state index in [0.717, 1.165) is 49.8 Å². The molecular formula is C73H112N12O20. The molecule has 32 heteroatoms. The number of phenols is 1. The minimum Gasteiger partial charge on any atom is -0.508 e. The van der Waals surface area contributed by atoms with Gasteiger partial charge in [-0.2, -0.15) is 0 Å². The summed E-state index contributed by atoms with van der Waals surface area (Å²) in [5.74, 6) is -14.7. The lowest BCUT2D eigenvalue weighted by molar-refractivity contribution is -0.143. The van der Waals surface area contributed by atoms with Gasteiger partial charge >= 0.3 is 17.9 Å². The highest BCUT2D eigenvalue weighted by atomic mass is 16.5. The molecule has 2 bridgehead atoms. The van der Waals surface area contributed by atoms with Crippen LogP contribution in [0.15, 0.2) is 48.5 Å². The maximum absolute atomic E-state index is 14.8. The van der Waals surface area contributed by atoms with E-state index in [-0.39, 0.29) is 62.3 Å². The molecule has 0 radical (unpaired) electrons. The fourth-order valence-corrected chi connectivity index (χ4v) is 12.2. The van der Waals surface area contributed by atoms with Gasteiger partial charge in [0.15, 0.2) is 0 Å². The molecule has 584 valence electrons. The molecule has 3 aliphatic rings. The van der Waals surface area contributed by atoms with Crippen LogP contribution in [0, 0.1) is 11.8 Å². The first kappa shape index (κ1) is 88.1. The number of aromatic hydroxyl groups is 1. The highest BCUT2D eigenvalue weighted by molar-refractivity contribution is 5.99. The van der Waals surface area contributed by atoms with Gasteiger partial charge < -0.3 is 94.5 Å². The van der Waals surface area contributed by atoms with Crippen LogP contribution in [-0.2, 0) is 80.0 Å². The lowest BCUT2D eigenvalue weighted by Crippen LogP contribution is -2.62. The van der Waals surface area contributed by atoms with E-state index < -0.39 is 213 Å². The molecule has 5 rings (SSSR count). The molecule has 18 N–H and O–H groups in total. The number of hydrogen-bond donors (Lipinski definition) is 16. The zero-order valence-electron chi connectivity index (χ0n) is 61.3. The Bertz CT molecular complexity index is 3230. The molecule has 0 aliphatic carbocycles. The number of primary amides is 1. The first-order valence-corrected chi connectivity index (χ1v) is 36.7. The smallest absolute Gasteiger partial charge is 0.334 e. The van der Waals surface area contributed by atoms with Crippen LogP contribution in [0.1, 0.15) is 200 Å². The molecule has 2 aromatic rings. The molecule has 1 fully saturated rings. The van der Waals surface area contributed by atoms with Gasteiger partial charge in [-0.1, -0.05) is 123 Å².